The molecule has 5 atom stereocenters. The van der Waals surface area contributed by atoms with Crippen molar-refractivity contribution in [1.82, 2.24) is 18.6 Å². The highest BCUT2D eigenvalue weighted by Gasteiger charge is 2.60. The van der Waals surface area contributed by atoms with Crippen LogP contribution in [0.1, 0.15) is 37.7 Å². The molecule has 0 saturated carbocycles. The normalized spacial score (nSPS) is 32.7. The Labute approximate surface area is 159 Å². The van der Waals surface area contributed by atoms with Crippen LogP contribution in [0.5, 0.6) is 0 Å². The number of carboxylic acids is 1. The molecule has 3 aliphatic rings. The second kappa shape index (κ2) is 6.59. The summed E-state index contributed by atoms with van der Waals surface area (Å²) in [4.78, 5) is 30.7. The van der Waals surface area contributed by atoms with Gasteiger partial charge in [0.2, 0.25) is 5.91 Å². The number of hydrogen-bond acceptors (Lipinski definition) is 8. The first-order valence-corrected chi connectivity index (χ1v) is 10.2. The highest BCUT2D eigenvalue weighted by atomic mass is 32.2. The van der Waals surface area contributed by atoms with Crippen LogP contribution in [0.3, 0.4) is 0 Å². The van der Waals surface area contributed by atoms with Crippen LogP contribution in [0, 0.1) is 11.8 Å². The maximum Gasteiger partial charge on any atom is 0.353 e. The minimum absolute atomic E-state index is 0.0670. The molecule has 2 N–H and O–H groups in total. The number of fused-ring (bicyclic) bond motifs is 1. The first-order valence-electron chi connectivity index (χ1n) is 8.61. The number of aliphatic hydroxyl groups excluding tert-OH is 1. The zero-order valence-corrected chi connectivity index (χ0v) is 16.0. The Hall–Kier alpha value is -1.49. The summed E-state index contributed by atoms with van der Waals surface area (Å²) in [6.45, 7) is 4.36. The van der Waals surface area contributed by atoms with Crippen molar-refractivity contribution in [3.05, 3.63) is 21.9 Å². The van der Waals surface area contributed by atoms with Crippen molar-refractivity contribution in [2.45, 2.75) is 44.9 Å². The van der Waals surface area contributed by atoms with E-state index in [0.717, 1.165) is 24.4 Å². The summed E-state index contributed by atoms with van der Waals surface area (Å²) >= 11 is 2.79. The van der Waals surface area contributed by atoms with Crippen molar-refractivity contribution in [3.8, 4) is 0 Å². The van der Waals surface area contributed by atoms with Crippen LogP contribution < -0.4 is 0 Å². The molecule has 0 aromatic carbocycles. The fourth-order valence-corrected chi connectivity index (χ4v) is 6.31. The second-order valence-electron chi connectivity index (χ2n) is 6.94. The summed E-state index contributed by atoms with van der Waals surface area (Å²) in [6.07, 6.45) is 2.71. The Kier molecular flexibility index (Phi) is 4.54. The molecule has 0 radical (unpaired) electrons. The van der Waals surface area contributed by atoms with Gasteiger partial charge in [-0.2, -0.15) is 4.37 Å². The van der Waals surface area contributed by atoms with Gasteiger partial charge in [0.05, 0.1) is 24.1 Å². The Morgan fingerprint density at radius 2 is 2.27 bits per heavy atom. The molecule has 0 spiro atoms. The minimum Gasteiger partial charge on any atom is -0.477 e. The Morgan fingerprint density at radius 3 is 2.88 bits per heavy atom. The van der Waals surface area contributed by atoms with Crippen LogP contribution in [-0.2, 0) is 9.59 Å². The predicted octanol–water partition coefficient (Wildman–Crippen LogP) is 1.48. The van der Waals surface area contributed by atoms with Crippen LogP contribution >= 0.6 is 23.5 Å². The number of carboxylic acid groups (broad SMARTS) is 1. The van der Waals surface area contributed by atoms with Crippen molar-refractivity contribution in [2.75, 3.05) is 6.54 Å². The lowest BCUT2D eigenvalue weighted by atomic mass is 9.79. The van der Waals surface area contributed by atoms with Crippen molar-refractivity contribution >= 4 is 35.4 Å². The molecule has 0 aliphatic carbocycles. The van der Waals surface area contributed by atoms with Gasteiger partial charge in [0, 0.05) is 17.4 Å². The molecular formula is C16H20N4O4S2. The summed E-state index contributed by atoms with van der Waals surface area (Å²) < 4.78 is 6.23. The number of aliphatic hydroxyl groups is 1. The van der Waals surface area contributed by atoms with Gasteiger partial charge >= 0.3 is 5.97 Å². The number of rotatable bonds is 5. The van der Waals surface area contributed by atoms with Crippen molar-refractivity contribution in [2.24, 2.45) is 11.8 Å². The topological polar surface area (TPSA) is 107 Å². The fourth-order valence-electron chi connectivity index (χ4n) is 4.19. The van der Waals surface area contributed by atoms with E-state index < -0.39 is 18.0 Å². The summed E-state index contributed by atoms with van der Waals surface area (Å²) in [6, 6.07) is -0.169. The lowest BCUT2D eigenvalue weighted by Crippen LogP contribution is -2.63. The molecule has 4 rings (SSSR count). The number of hydrogen-bond donors (Lipinski definition) is 2. The van der Waals surface area contributed by atoms with Crippen molar-refractivity contribution in [1.29, 1.82) is 0 Å². The maximum atomic E-state index is 12.4. The molecule has 4 heterocycles. The predicted molar refractivity (Wildman–Crippen MR) is 95.8 cm³/mol. The summed E-state index contributed by atoms with van der Waals surface area (Å²) in [5.74, 6) is -2.05. The van der Waals surface area contributed by atoms with Gasteiger partial charge in [-0.05, 0) is 43.2 Å². The highest BCUT2D eigenvalue weighted by Crippen LogP contribution is 2.53. The monoisotopic (exact) mass is 396 g/mol. The highest BCUT2D eigenvalue weighted by molar-refractivity contribution is 8.01. The molecular weight excluding hydrogens is 376 g/mol. The number of nitrogens with zero attached hydrogens (tertiary/aromatic N) is 4. The smallest absolute Gasteiger partial charge is 0.353 e. The molecule has 2 saturated heterocycles. The van der Waals surface area contributed by atoms with Crippen LogP contribution in [0.2, 0.25) is 0 Å². The first-order chi connectivity index (χ1) is 12.4. The number of aliphatic carboxylic acids is 1. The van der Waals surface area contributed by atoms with Gasteiger partial charge < -0.3 is 15.1 Å². The molecule has 0 bridgehead atoms. The number of aromatic nitrogens is 2. The quantitative estimate of drug-likeness (QED) is 0.569. The Bertz CT molecular complexity index is 766. The van der Waals surface area contributed by atoms with E-state index in [1.165, 1.54) is 28.4 Å². The average molecular weight is 396 g/mol. The molecule has 1 aromatic heterocycles. The zero-order valence-electron chi connectivity index (χ0n) is 14.4. The zero-order chi connectivity index (χ0) is 18.6. The standard InChI is InChI=1S/C16H20N4O4S2/c1-7-11-10(8(2)21)15(22)20(11)12(16(23)24)13(7)26-19-5-3-4-9(19)14-17-6-18-25-14/h6-11,21H,3-5H2,1-2H3,(H,23,24)/t7-,8-,9+,10-,11-/m1/s1. The SMILES string of the molecule is C[C@@H](O)[C@H]1C(=O)N2C(C(=O)O)=C(SN3CCC[C@H]3c3ncns3)[C@H](C)[C@H]12. The molecule has 1 amide bonds. The third kappa shape index (κ3) is 2.58. The number of amides is 1. The van der Waals surface area contributed by atoms with Gasteiger partial charge in [0.15, 0.2) is 0 Å². The summed E-state index contributed by atoms with van der Waals surface area (Å²) in [5, 5.41) is 20.6. The largest absolute Gasteiger partial charge is 0.477 e. The second-order valence-corrected chi connectivity index (χ2v) is 8.84. The van der Waals surface area contributed by atoms with Gasteiger partial charge in [-0.3, -0.25) is 4.79 Å². The van der Waals surface area contributed by atoms with E-state index in [9.17, 15) is 19.8 Å². The van der Waals surface area contributed by atoms with E-state index in [0.29, 0.717) is 4.91 Å². The van der Waals surface area contributed by atoms with E-state index in [-0.39, 0.29) is 29.6 Å². The summed E-state index contributed by atoms with van der Waals surface area (Å²) in [5.41, 5.74) is 0.0670. The molecule has 10 heteroatoms. The maximum absolute atomic E-state index is 12.4. The molecule has 1 aromatic rings. The van der Waals surface area contributed by atoms with Gasteiger partial charge in [-0.25, -0.2) is 14.1 Å². The van der Waals surface area contributed by atoms with Gasteiger partial charge in [0.25, 0.3) is 0 Å². The van der Waals surface area contributed by atoms with E-state index in [2.05, 4.69) is 13.7 Å². The fraction of sp³-hybridized carbons (Fsp3) is 0.625. The van der Waals surface area contributed by atoms with Crippen LogP contribution in [-0.4, -0.2) is 59.3 Å². The lowest BCUT2D eigenvalue weighted by Gasteiger charge is -2.46. The molecule has 0 unspecified atom stereocenters. The van der Waals surface area contributed by atoms with Crippen LogP contribution in [0.25, 0.3) is 0 Å². The van der Waals surface area contributed by atoms with Crippen molar-refractivity contribution < 1.29 is 19.8 Å². The third-order valence-electron chi connectivity index (χ3n) is 5.39. The van der Waals surface area contributed by atoms with Crippen molar-refractivity contribution in [3.63, 3.8) is 0 Å². The average Bonchev–Trinajstić information content (AvgIpc) is 3.27. The van der Waals surface area contributed by atoms with E-state index in [1.54, 1.807) is 13.3 Å². The van der Waals surface area contributed by atoms with E-state index >= 15 is 0 Å². The van der Waals surface area contributed by atoms with Gasteiger partial charge in [-0.15, -0.1) is 0 Å². The van der Waals surface area contributed by atoms with E-state index in [4.69, 9.17) is 0 Å². The number of β-lactam (4-membered cyclic amide) rings is 1. The molecule has 2 fully saturated rings. The van der Waals surface area contributed by atoms with Crippen LogP contribution in [0.4, 0.5) is 0 Å². The lowest BCUT2D eigenvalue weighted by molar-refractivity contribution is -0.163. The van der Waals surface area contributed by atoms with Gasteiger partial charge in [-0.1, -0.05) is 6.92 Å². The van der Waals surface area contributed by atoms with E-state index in [1.807, 2.05) is 6.92 Å². The molecule has 8 nitrogen and oxygen atoms in total. The molecule has 140 valence electrons. The number of carbonyl (C=O) groups excluding carboxylic acids is 1. The third-order valence-corrected chi connectivity index (χ3v) is 7.59. The van der Waals surface area contributed by atoms with Gasteiger partial charge in [0.1, 0.15) is 17.0 Å². The minimum atomic E-state index is -1.09. The Morgan fingerprint density at radius 1 is 1.50 bits per heavy atom. The molecule has 3 aliphatic heterocycles. The molecule has 26 heavy (non-hydrogen) atoms. The summed E-state index contributed by atoms with van der Waals surface area (Å²) in [7, 11) is 0. The first kappa shape index (κ1) is 17.9. The Balaban J connectivity index is 1.63. The number of carbonyl (C=O) groups is 2. The van der Waals surface area contributed by atoms with Crippen LogP contribution in [0.15, 0.2) is 16.9 Å².